The molecular formula is C18H22N4O5S. The van der Waals surface area contributed by atoms with Gasteiger partial charge in [-0.25, -0.2) is 22.9 Å². The molecule has 1 saturated carbocycles. The Kier molecular flexibility index (Phi) is 4.60. The van der Waals surface area contributed by atoms with E-state index >= 15 is 0 Å². The van der Waals surface area contributed by atoms with E-state index in [0.29, 0.717) is 28.7 Å². The largest absolute Gasteiger partial charge is 0.462 e. The number of nitrogens with two attached hydrogens (primary N) is 1. The van der Waals surface area contributed by atoms with Gasteiger partial charge < -0.3 is 10.5 Å². The van der Waals surface area contributed by atoms with E-state index in [-0.39, 0.29) is 36.5 Å². The lowest BCUT2D eigenvalue weighted by Crippen LogP contribution is -2.16. The molecule has 4 rings (SSSR count). The molecule has 2 fully saturated rings. The molecule has 2 aliphatic rings. The number of rotatable bonds is 6. The summed E-state index contributed by atoms with van der Waals surface area (Å²) in [6.07, 6.45) is 2.43. The zero-order valence-electron chi connectivity index (χ0n) is 15.6. The van der Waals surface area contributed by atoms with Crippen LogP contribution in [-0.4, -0.2) is 53.2 Å². The maximum absolute atomic E-state index is 12.7. The number of nitrogens with zero attached hydrogens (tertiary/aromatic N) is 3. The maximum Gasteiger partial charge on any atom is 0.339 e. The predicted octanol–water partition coefficient (Wildman–Crippen LogP) is 1.01. The second-order valence-corrected chi connectivity index (χ2v) is 9.74. The highest BCUT2D eigenvalue weighted by atomic mass is 32.2. The summed E-state index contributed by atoms with van der Waals surface area (Å²) in [7, 11) is -3.09. The number of aryl methyl sites for hydroxylation is 1. The Hall–Kier alpha value is -2.49. The fraction of sp³-hybridized carbons (Fsp3) is 0.556. The Balaban J connectivity index is 1.77. The highest BCUT2D eigenvalue weighted by Crippen LogP contribution is 2.41. The Morgan fingerprint density at radius 2 is 2.07 bits per heavy atom. The van der Waals surface area contributed by atoms with Crippen LogP contribution in [0.3, 0.4) is 0 Å². The molecule has 9 nitrogen and oxygen atoms in total. The number of hydrogen-bond donors (Lipinski definition) is 1. The van der Waals surface area contributed by atoms with E-state index in [9.17, 15) is 18.0 Å². The molecule has 3 heterocycles. The molecule has 1 atom stereocenters. The van der Waals surface area contributed by atoms with Gasteiger partial charge in [-0.3, -0.25) is 4.79 Å². The molecule has 1 saturated heterocycles. The van der Waals surface area contributed by atoms with E-state index in [1.807, 2.05) is 0 Å². The van der Waals surface area contributed by atoms with Crippen LogP contribution in [0.2, 0.25) is 0 Å². The van der Waals surface area contributed by atoms with Crippen molar-refractivity contribution in [3.63, 3.8) is 0 Å². The van der Waals surface area contributed by atoms with Crippen molar-refractivity contribution in [2.75, 3.05) is 18.1 Å². The number of amides is 1. The lowest BCUT2D eigenvalue weighted by atomic mass is 10.1. The number of sulfone groups is 1. The number of esters is 1. The van der Waals surface area contributed by atoms with Crippen LogP contribution < -0.4 is 5.73 Å². The lowest BCUT2D eigenvalue weighted by molar-refractivity contribution is -0.118. The number of pyridine rings is 1. The van der Waals surface area contributed by atoms with Crippen LogP contribution in [0, 0.1) is 6.92 Å². The summed E-state index contributed by atoms with van der Waals surface area (Å²) in [6, 6.07) is 1.44. The first-order valence-corrected chi connectivity index (χ1v) is 11.1. The van der Waals surface area contributed by atoms with Gasteiger partial charge in [0, 0.05) is 11.6 Å². The summed E-state index contributed by atoms with van der Waals surface area (Å²) in [5.74, 6) is -0.660. The van der Waals surface area contributed by atoms with Crippen LogP contribution in [0.25, 0.3) is 11.0 Å². The highest BCUT2D eigenvalue weighted by molar-refractivity contribution is 7.91. The van der Waals surface area contributed by atoms with Crippen molar-refractivity contribution in [1.82, 2.24) is 14.8 Å². The average Bonchev–Trinajstić information content (AvgIpc) is 3.34. The van der Waals surface area contributed by atoms with E-state index in [4.69, 9.17) is 15.5 Å². The third-order valence-electron chi connectivity index (χ3n) is 5.21. The summed E-state index contributed by atoms with van der Waals surface area (Å²) < 4.78 is 30.7. The van der Waals surface area contributed by atoms with E-state index < -0.39 is 21.7 Å². The summed E-state index contributed by atoms with van der Waals surface area (Å²) in [5.41, 5.74) is 7.35. The Labute approximate surface area is 162 Å². The van der Waals surface area contributed by atoms with Gasteiger partial charge in [0.1, 0.15) is 6.61 Å². The third-order valence-corrected chi connectivity index (χ3v) is 6.96. The number of ether oxygens (including phenoxy) is 1. The molecular weight excluding hydrogens is 384 g/mol. The highest BCUT2D eigenvalue weighted by Gasteiger charge is 2.34. The Morgan fingerprint density at radius 1 is 1.32 bits per heavy atom. The molecule has 0 radical (unpaired) electrons. The van der Waals surface area contributed by atoms with Crippen LogP contribution in [0.5, 0.6) is 0 Å². The zero-order chi connectivity index (χ0) is 20.1. The topological polar surface area (TPSA) is 134 Å². The number of carbonyl (C=O) groups excluding carboxylic acids is 2. The van der Waals surface area contributed by atoms with Crippen LogP contribution in [0.15, 0.2) is 6.07 Å². The quantitative estimate of drug-likeness (QED) is 0.707. The summed E-state index contributed by atoms with van der Waals surface area (Å²) in [6.45, 7) is 1.67. The van der Waals surface area contributed by atoms with E-state index in [2.05, 4.69) is 5.10 Å². The molecule has 0 bridgehead atoms. The van der Waals surface area contributed by atoms with Crippen molar-refractivity contribution < 1.29 is 22.7 Å². The first-order valence-electron chi connectivity index (χ1n) is 9.31. The Morgan fingerprint density at radius 3 is 2.68 bits per heavy atom. The molecule has 28 heavy (non-hydrogen) atoms. The van der Waals surface area contributed by atoms with Crippen LogP contribution in [0.1, 0.15) is 59.4 Å². The van der Waals surface area contributed by atoms with Crippen molar-refractivity contribution >= 4 is 32.7 Å². The van der Waals surface area contributed by atoms with Crippen LogP contribution in [0.4, 0.5) is 0 Å². The first kappa shape index (κ1) is 18.9. The van der Waals surface area contributed by atoms with Gasteiger partial charge in [-0.2, -0.15) is 5.10 Å². The molecule has 1 aliphatic heterocycles. The summed E-state index contributed by atoms with van der Waals surface area (Å²) in [5, 5.41) is 5.08. The van der Waals surface area contributed by atoms with Crippen molar-refractivity contribution in [2.45, 2.75) is 44.6 Å². The lowest BCUT2D eigenvalue weighted by Gasteiger charge is -2.11. The molecule has 0 spiro atoms. The van der Waals surface area contributed by atoms with Crippen molar-refractivity contribution in [2.24, 2.45) is 5.73 Å². The number of carbonyl (C=O) groups is 2. The van der Waals surface area contributed by atoms with Crippen LogP contribution >= 0.6 is 0 Å². The van der Waals surface area contributed by atoms with E-state index in [1.54, 1.807) is 17.7 Å². The minimum atomic E-state index is -3.09. The zero-order valence-corrected chi connectivity index (χ0v) is 16.4. The monoisotopic (exact) mass is 406 g/mol. The summed E-state index contributed by atoms with van der Waals surface area (Å²) >= 11 is 0. The molecule has 0 aromatic carbocycles. The van der Waals surface area contributed by atoms with Gasteiger partial charge in [-0.1, -0.05) is 0 Å². The SMILES string of the molecule is Cc1nn(C2CCS(=O)(=O)C2)c2nc(C3CC3)cc(C(=O)OCCC(N)=O)c12. The van der Waals surface area contributed by atoms with Gasteiger partial charge in [0.15, 0.2) is 15.5 Å². The van der Waals surface area contributed by atoms with E-state index in [0.717, 1.165) is 18.5 Å². The second kappa shape index (κ2) is 6.84. The minimum absolute atomic E-state index is 0.0247. The van der Waals surface area contributed by atoms with Crippen LogP contribution in [-0.2, 0) is 19.4 Å². The standard InChI is InChI=1S/C18H22N4O5S/c1-10-16-13(18(24)27-6-4-15(19)23)8-14(11-2-3-11)20-17(16)22(21-10)12-5-7-28(25,26)9-12/h8,11-12H,2-7,9H2,1H3,(H2,19,23). The van der Waals surface area contributed by atoms with Gasteiger partial charge in [0.05, 0.1) is 40.6 Å². The average molecular weight is 406 g/mol. The number of hydrogen-bond acceptors (Lipinski definition) is 7. The minimum Gasteiger partial charge on any atom is -0.462 e. The molecule has 2 aromatic heterocycles. The molecule has 2 N–H and O–H groups in total. The van der Waals surface area contributed by atoms with Gasteiger partial charge in [0.25, 0.3) is 0 Å². The number of aromatic nitrogens is 3. The molecule has 150 valence electrons. The maximum atomic E-state index is 12.7. The van der Waals surface area contributed by atoms with Gasteiger partial charge in [0.2, 0.25) is 5.91 Å². The fourth-order valence-electron chi connectivity index (χ4n) is 3.63. The molecule has 10 heteroatoms. The smallest absolute Gasteiger partial charge is 0.339 e. The molecule has 2 aromatic rings. The molecule has 1 aliphatic carbocycles. The predicted molar refractivity (Wildman–Crippen MR) is 101 cm³/mol. The van der Waals surface area contributed by atoms with Gasteiger partial charge in [-0.15, -0.1) is 0 Å². The molecule has 1 unspecified atom stereocenters. The summed E-state index contributed by atoms with van der Waals surface area (Å²) in [4.78, 5) is 28.3. The fourth-order valence-corrected chi connectivity index (χ4v) is 5.32. The van der Waals surface area contributed by atoms with Crippen molar-refractivity contribution in [3.05, 3.63) is 23.0 Å². The van der Waals surface area contributed by atoms with Gasteiger partial charge in [-0.05, 0) is 32.3 Å². The molecule has 1 amide bonds. The van der Waals surface area contributed by atoms with E-state index in [1.165, 1.54) is 0 Å². The van der Waals surface area contributed by atoms with Crippen molar-refractivity contribution in [1.29, 1.82) is 0 Å². The first-order chi connectivity index (χ1) is 13.2. The van der Waals surface area contributed by atoms with Crippen molar-refractivity contribution in [3.8, 4) is 0 Å². The normalized spacial score (nSPS) is 21.1. The number of fused-ring (bicyclic) bond motifs is 1. The Bertz CT molecular complexity index is 1070. The number of primary amides is 1. The second-order valence-electron chi connectivity index (χ2n) is 7.51. The third kappa shape index (κ3) is 3.60. The van der Waals surface area contributed by atoms with Gasteiger partial charge >= 0.3 is 5.97 Å².